The molecule has 0 aromatic heterocycles. The molecule has 0 radical (unpaired) electrons. The SMILES string of the molecule is N#CC1CCC(F)CC1F. The van der Waals surface area contributed by atoms with Crippen molar-refractivity contribution < 1.29 is 8.78 Å². The summed E-state index contributed by atoms with van der Waals surface area (Å²) in [6.07, 6.45) is -1.64. The second kappa shape index (κ2) is 2.96. The second-order valence-electron chi connectivity index (χ2n) is 2.66. The summed E-state index contributed by atoms with van der Waals surface area (Å²) < 4.78 is 25.0. The summed E-state index contributed by atoms with van der Waals surface area (Å²) in [7, 11) is 0. The van der Waals surface area contributed by atoms with Gasteiger partial charge in [0.05, 0.1) is 12.0 Å². The Labute approximate surface area is 58.6 Å². The molecule has 0 heterocycles. The van der Waals surface area contributed by atoms with Crippen LogP contribution in [0.1, 0.15) is 19.3 Å². The Hall–Kier alpha value is -0.650. The van der Waals surface area contributed by atoms with Crippen LogP contribution in [0, 0.1) is 17.2 Å². The molecule has 1 aliphatic carbocycles. The van der Waals surface area contributed by atoms with E-state index >= 15 is 0 Å². The van der Waals surface area contributed by atoms with E-state index < -0.39 is 18.3 Å². The van der Waals surface area contributed by atoms with E-state index in [9.17, 15) is 8.78 Å². The molecule has 1 fully saturated rings. The van der Waals surface area contributed by atoms with Gasteiger partial charge in [0.2, 0.25) is 0 Å². The van der Waals surface area contributed by atoms with E-state index in [4.69, 9.17) is 5.26 Å². The standard InChI is InChI=1S/C7H9F2N/c8-6-2-1-5(4-10)7(9)3-6/h5-7H,1-3H2. The van der Waals surface area contributed by atoms with Crippen LogP contribution in [0.3, 0.4) is 0 Å². The van der Waals surface area contributed by atoms with E-state index in [1.54, 1.807) is 0 Å². The van der Waals surface area contributed by atoms with Gasteiger partial charge in [0.25, 0.3) is 0 Å². The molecule has 0 aliphatic heterocycles. The maximum Gasteiger partial charge on any atom is 0.119 e. The number of alkyl halides is 2. The average Bonchev–Trinajstić information content (AvgIpc) is 1.88. The first-order chi connectivity index (χ1) is 4.74. The van der Waals surface area contributed by atoms with Crippen molar-refractivity contribution in [1.29, 1.82) is 5.26 Å². The zero-order chi connectivity index (χ0) is 7.56. The van der Waals surface area contributed by atoms with E-state index in [1.807, 2.05) is 6.07 Å². The lowest BCUT2D eigenvalue weighted by atomic mass is 9.88. The van der Waals surface area contributed by atoms with Crippen molar-refractivity contribution in [3.63, 3.8) is 0 Å². The van der Waals surface area contributed by atoms with Gasteiger partial charge in [0, 0.05) is 6.42 Å². The summed E-state index contributed by atoms with van der Waals surface area (Å²) in [4.78, 5) is 0. The Morgan fingerprint density at radius 2 is 2.00 bits per heavy atom. The third kappa shape index (κ3) is 1.44. The smallest absolute Gasteiger partial charge is 0.119 e. The molecule has 0 N–H and O–H groups in total. The van der Waals surface area contributed by atoms with Gasteiger partial charge < -0.3 is 0 Å². The highest BCUT2D eigenvalue weighted by Gasteiger charge is 2.30. The van der Waals surface area contributed by atoms with Gasteiger partial charge in [-0.1, -0.05) is 0 Å². The molecule has 0 aromatic rings. The normalized spacial score (nSPS) is 40.7. The lowest BCUT2D eigenvalue weighted by Crippen LogP contribution is -2.25. The first-order valence-corrected chi connectivity index (χ1v) is 3.42. The van der Waals surface area contributed by atoms with Crippen LogP contribution in [0.2, 0.25) is 0 Å². The summed E-state index contributed by atoms with van der Waals surface area (Å²) in [5, 5.41) is 8.34. The minimum absolute atomic E-state index is 0.0851. The van der Waals surface area contributed by atoms with Gasteiger partial charge in [-0.15, -0.1) is 0 Å². The number of halogens is 2. The lowest BCUT2D eigenvalue weighted by molar-refractivity contribution is 0.127. The molecule has 0 saturated heterocycles. The van der Waals surface area contributed by atoms with E-state index in [0.717, 1.165) is 0 Å². The molecular formula is C7H9F2N. The largest absolute Gasteiger partial charge is 0.247 e. The summed E-state index contributed by atoms with van der Waals surface area (Å²) in [6.45, 7) is 0. The molecule has 3 unspecified atom stereocenters. The zero-order valence-electron chi connectivity index (χ0n) is 5.56. The highest BCUT2D eigenvalue weighted by atomic mass is 19.1. The Kier molecular flexibility index (Phi) is 2.21. The van der Waals surface area contributed by atoms with Crippen molar-refractivity contribution in [3.8, 4) is 6.07 Å². The molecule has 1 saturated carbocycles. The van der Waals surface area contributed by atoms with E-state index in [0.29, 0.717) is 12.8 Å². The minimum atomic E-state index is -1.24. The predicted molar refractivity (Wildman–Crippen MR) is 32.7 cm³/mol. The van der Waals surface area contributed by atoms with E-state index in [1.165, 1.54) is 0 Å². The van der Waals surface area contributed by atoms with Crippen molar-refractivity contribution in [1.82, 2.24) is 0 Å². The lowest BCUT2D eigenvalue weighted by Gasteiger charge is -2.22. The van der Waals surface area contributed by atoms with Gasteiger partial charge in [0.1, 0.15) is 12.3 Å². The molecule has 10 heavy (non-hydrogen) atoms. The number of nitriles is 1. The molecule has 3 heteroatoms. The summed E-state index contributed by atoms with van der Waals surface area (Å²) in [5.41, 5.74) is 0. The molecule has 0 amide bonds. The van der Waals surface area contributed by atoms with Gasteiger partial charge in [-0.2, -0.15) is 5.26 Å². The Morgan fingerprint density at radius 1 is 1.30 bits per heavy atom. The molecule has 3 atom stereocenters. The summed E-state index contributed by atoms with van der Waals surface area (Å²) in [5.74, 6) is -0.563. The molecular weight excluding hydrogens is 136 g/mol. The molecule has 0 aromatic carbocycles. The van der Waals surface area contributed by atoms with Crippen LogP contribution in [0.15, 0.2) is 0 Å². The van der Waals surface area contributed by atoms with Gasteiger partial charge in [-0.05, 0) is 12.8 Å². The van der Waals surface area contributed by atoms with Crippen LogP contribution in [0.5, 0.6) is 0 Å². The summed E-state index contributed by atoms with van der Waals surface area (Å²) >= 11 is 0. The van der Waals surface area contributed by atoms with Crippen molar-refractivity contribution >= 4 is 0 Å². The Balaban J connectivity index is 2.45. The molecule has 1 nitrogen and oxygen atoms in total. The van der Waals surface area contributed by atoms with Crippen molar-refractivity contribution in [2.45, 2.75) is 31.6 Å². The number of hydrogen-bond donors (Lipinski definition) is 0. The molecule has 0 spiro atoms. The van der Waals surface area contributed by atoms with Crippen molar-refractivity contribution in [3.05, 3.63) is 0 Å². The van der Waals surface area contributed by atoms with Crippen LogP contribution >= 0.6 is 0 Å². The fraction of sp³-hybridized carbons (Fsp3) is 0.857. The quantitative estimate of drug-likeness (QED) is 0.511. The van der Waals surface area contributed by atoms with E-state index in [-0.39, 0.29) is 6.42 Å². The Bertz CT molecular complexity index is 152. The topological polar surface area (TPSA) is 23.8 Å². The first-order valence-electron chi connectivity index (χ1n) is 3.42. The number of nitrogens with zero attached hydrogens (tertiary/aromatic N) is 1. The van der Waals surface area contributed by atoms with Gasteiger partial charge in [-0.25, -0.2) is 8.78 Å². The fourth-order valence-corrected chi connectivity index (χ4v) is 1.21. The van der Waals surface area contributed by atoms with Crippen molar-refractivity contribution in [2.75, 3.05) is 0 Å². The molecule has 56 valence electrons. The van der Waals surface area contributed by atoms with Crippen LogP contribution < -0.4 is 0 Å². The first kappa shape index (κ1) is 7.46. The minimum Gasteiger partial charge on any atom is -0.247 e. The van der Waals surface area contributed by atoms with Crippen LogP contribution in [-0.4, -0.2) is 12.3 Å². The number of hydrogen-bond acceptors (Lipinski definition) is 1. The number of rotatable bonds is 0. The van der Waals surface area contributed by atoms with Crippen LogP contribution in [0.25, 0.3) is 0 Å². The average molecular weight is 145 g/mol. The van der Waals surface area contributed by atoms with Gasteiger partial charge in [0.15, 0.2) is 0 Å². The second-order valence-corrected chi connectivity index (χ2v) is 2.66. The highest BCUT2D eigenvalue weighted by Crippen LogP contribution is 2.28. The van der Waals surface area contributed by atoms with Crippen molar-refractivity contribution in [2.24, 2.45) is 5.92 Å². The maximum absolute atomic E-state index is 12.6. The monoisotopic (exact) mass is 145 g/mol. The summed E-state index contributed by atoms with van der Waals surface area (Å²) in [6, 6.07) is 1.83. The van der Waals surface area contributed by atoms with E-state index in [2.05, 4.69) is 0 Å². The zero-order valence-corrected chi connectivity index (χ0v) is 5.56. The van der Waals surface area contributed by atoms with Gasteiger partial charge >= 0.3 is 0 Å². The molecule has 1 aliphatic rings. The molecule has 1 rings (SSSR count). The third-order valence-electron chi connectivity index (χ3n) is 1.87. The maximum atomic E-state index is 12.6. The Morgan fingerprint density at radius 3 is 2.50 bits per heavy atom. The highest BCUT2D eigenvalue weighted by molar-refractivity contribution is 4.93. The van der Waals surface area contributed by atoms with Gasteiger partial charge in [-0.3, -0.25) is 0 Å². The fourth-order valence-electron chi connectivity index (χ4n) is 1.21. The predicted octanol–water partition coefficient (Wildman–Crippen LogP) is 1.99. The van der Waals surface area contributed by atoms with Crippen LogP contribution in [-0.2, 0) is 0 Å². The van der Waals surface area contributed by atoms with Crippen LogP contribution in [0.4, 0.5) is 8.78 Å². The molecule has 0 bridgehead atoms. The third-order valence-corrected chi connectivity index (χ3v) is 1.87.